The largest absolute Gasteiger partial charge is 0.493 e. The maximum atomic E-state index is 12.3. The van der Waals surface area contributed by atoms with Crippen molar-refractivity contribution in [3.05, 3.63) is 39.8 Å². The Morgan fingerprint density at radius 2 is 1.70 bits per heavy atom. The smallest absolute Gasteiger partial charge is 0.341 e. The van der Waals surface area contributed by atoms with Crippen molar-refractivity contribution in [2.75, 3.05) is 32.8 Å². The summed E-state index contributed by atoms with van der Waals surface area (Å²) in [7, 11) is 2.94. The molecule has 2 rings (SSSR count). The zero-order chi connectivity index (χ0) is 22.3. The van der Waals surface area contributed by atoms with E-state index in [0.717, 1.165) is 10.4 Å². The highest BCUT2D eigenvalue weighted by Crippen LogP contribution is 2.34. The fourth-order valence-electron chi connectivity index (χ4n) is 2.85. The molecule has 1 N–H and O–H groups in total. The molecule has 0 bridgehead atoms. The molecule has 0 saturated carbocycles. The summed E-state index contributed by atoms with van der Waals surface area (Å²) in [5.74, 6) is -0.891. The van der Waals surface area contributed by atoms with Crippen molar-refractivity contribution >= 4 is 34.2 Å². The predicted molar refractivity (Wildman–Crippen MR) is 113 cm³/mol. The van der Waals surface area contributed by atoms with Crippen LogP contribution < -0.4 is 14.8 Å². The monoisotopic (exact) mass is 435 g/mol. The molecule has 0 spiro atoms. The SMILES string of the molecule is CCOC(=O)c1c(NC(=O)COC(=O)c2ccc(OC)c(OC)c2)sc(C)c1CC. The Balaban J connectivity index is 2.08. The van der Waals surface area contributed by atoms with Crippen molar-refractivity contribution in [3.8, 4) is 11.5 Å². The zero-order valence-electron chi connectivity index (χ0n) is 17.6. The third-order valence-electron chi connectivity index (χ3n) is 4.25. The average Bonchev–Trinajstić information content (AvgIpc) is 3.06. The number of hydrogen-bond acceptors (Lipinski definition) is 8. The Morgan fingerprint density at radius 3 is 2.30 bits per heavy atom. The van der Waals surface area contributed by atoms with Crippen LogP contribution in [0.5, 0.6) is 11.5 Å². The van der Waals surface area contributed by atoms with Crippen molar-refractivity contribution in [2.45, 2.75) is 27.2 Å². The van der Waals surface area contributed by atoms with Gasteiger partial charge in [-0.15, -0.1) is 11.3 Å². The Kier molecular flexibility index (Phi) is 8.23. The Hall–Kier alpha value is -3.07. The van der Waals surface area contributed by atoms with Crippen molar-refractivity contribution < 1.29 is 33.3 Å². The first-order valence-corrected chi connectivity index (χ1v) is 10.2. The quantitative estimate of drug-likeness (QED) is 0.601. The minimum Gasteiger partial charge on any atom is -0.493 e. The number of rotatable bonds is 9. The molecule has 0 radical (unpaired) electrons. The normalized spacial score (nSPS) is 10.3. The highest BCUT2D eigenvalue weighted by molar-refractivity contribution is 7.16. The molecule has 8 nitrogen and oxygen atoms in total. The second-order valence-corrected chi connectivity index (χ2v) is 7.33. The number of ether oxygens (including phenoxy) is 4. The molecule has 0 aliphatic heterocycles. The van der Waals surface area contributed by atoms with Crippen molar-refractivity contribution in [3.63, 3.8) is 0 Å². The van der Waals surface area contributed by atoms with Gasteiger partial charge in [-0.1, -0.05) is 6.92 Å². The van der Waals surface area contributed by atoms with Crippen LogP contribution in [0.3, 0.4) is 0 Å². The highest BCUT2D eigenvalue weighted by Gasteiger charge is 2.24. The second kappa shape index (κ2) is 10.6. The number of benzene rings is 1. The van der Waals surface area contributed by atoms with E-state index in [2.05, 4.69) is 5.32 Å². The topological polar surface area (TPSA) is 100 Å². The molecule has 30 heavy (non-hydrogen) atoms. The fourth-order valence-corrected chi connectivity index (χ4v) is 4.00. The van der Waals surface area contributed by atoms with E-state index in [9.17, 15) is 14.4 Å². The van der Waals surface area contributed by atoms with E-state index in [-0.39, 0.29) is 12.2 Å². The maximum Gasteiger partial charge on any atom is 0.341 e. The van der Waals surface area contributed by atoms with Gasteiger partial charge in [0.15, 0.2) is 18.1 Å². The Morgan fingerprint density at radius 1 is 1.00 bits per heavy atom. The van der Waals surface area contributed by atoms with Gasteiger partial charge in [0.2, 0.25) is 0 Å². The van der Waals surface area contributed by atoms with Crippen molar-refractivity contribution in [2.24, 2.45) is 0 Å². The van der Waals surface area contributed by atoms with Crippen LogP contribution in [-0.2, 0) is 20.7 Å². The van der Waals surface area contributed by atoms with E-state index in [1.54, 1.807) is 13.0 Å². The first-order chi connectivity index (χ1) is 14.4. The molecule has 0 fully saturated rings. The number of carbonyl (C=O) groups excluding carboxylic acids is 3. The Labute approximate surface area is 179 Å². The minimum atomic E-state index is -0.687. The van der Waals surface area contributed by atoms with Crippen molar-refractivity contribution in [1.82, 2.24) is 0 Å². The molecule has 0 aliphatic carbocycles. The number of carbonyl (C=O) groups is 3. The third-order valence-corrected chi connectivity index (χ3v) is 5.31. The molecule has 9 heteroatoms. The standard InChI is InChI=1S/C21H25NO7S/c1-6-14-12(3)30-19(18(14)21(25)28-7-2)22-17(23)11-29-20(24)13-8-9-15(26-4)16(10-13)27-5/h8-10H,6-7,11H2,1-5H3,(H,22,23). The molecule has 0 saturated heterocycles. The summed E-state index contributed by atoms with van der Waals surface area (Å²) in [5.41, 5.74) is 1.39. The van der Waals surface area contributed by atoms with Gasteiger partial charge in [-0.25, -0.2) is 9.59 Å². The second-order valence-electron chi connectivity index (χ2n) is 6.11. The van der Waals surface area contributed by atoms with Crippen LogP contribution >= 0.6 is 11.3 Å². The van der Waals surface area contributed by atoms with E-state index in [1.165, 1.54) is 37.7 Å². The maximum absolute atomic E-state index is 12.3. The van der Waals surface area contributed by atoms with Gasteiger partial charge in [-0.3, -0.25) is 4.79 Å². The number of methoxy groups -OCH3 is 2. The summed E-state index contributed by atoms with van der Waals surface area (Å²) in [4.78, 5) is 37.8. The summed E-state index contributed by atoms with van der Waals surface area (Å²) >= 11 is 1.28. The van der Waals surface area contributed by atoms with Crippen LogP contribution in [0.2, 0.25) is 0 Å². The lowest BCUT2D eigenvalue weighted by atomic mass is 10.1. The van der Waals surface area contributed by atoms with Gasteiger partial charge >= 0.3 is 11.9 Å². The molecule has 0 unspecified atom stereocenters. The van der Waals surface area contributed by atoms with Gasteiger partial charge in [0.05, 0.1) is 32.0 Å². The summed E-state index contributed by atoms with van der Waals surface area (Å²) in [6.07, 6.45) is 0.626. The summed E-state index contributed by atoms with van der Waals surface area (Å²) in [6, 6.07) is 4.55. The van der Waals surface area contributed by atoms with E-state index >= 15 is 0 Å². The first kappa shape index (κ1) is 23.2. The lowest BCUT2D eigenvalue weighted by molar-refractivity contribution is -0.119. The third kappa shape index (κ3) is 5.29. The molecular weight excluding hydrogens is 410 g/mol. The average molecular weight is 435 g/mol. The van der Waals surface area contributed by atoms with Crippen molar-refractivity contribution in [1.29, 1.82) is 0 Å². The number of anilines is 1. The molecule has 1 aromatic carbocycles. The first-order valence-electron chi connectivity index (χ1n) is 9.34. The lowest BCUT2D eigenvalue weighted by Crippen LogP contribution is -2.22. The number of aryl methyl sites for hydroxylation is 1. The molecule has 0 aliphatic rings. The fraction of sp³-hybridized carbons (Fsp3) is 0.381. The number of esters is 2. The van der Waals surface area contributed by atoms with Crippen LogP contribution in [-0.4, -0.2) is 45.3 Å². The van der Waals surface area contributed by atoms with E-state index in [0.29, 0.717) is 28.5 Å². The van der Waals surface area contributed by atoms with Gasteiger partial charge in [0, 0.05) is 4.88 Å². The van der Waals surface area contributed by atoms with Crippen LogP contribution in [0, 0.1) is 6.92 Å². The van der Waals surface area contributed by atoms with Gasteiger partial charge < -0.3 is 24.3 Å². The summed E-state index contributed by atoms with van der Waals surface area (Å²) in [6.45, 7) is 5.24. The van der Waals surface area contributed by atoms with Gasteiger partial charge in [-0.2, -0.15) is 0 Å². The number of thiophene rings is 1. The Bertz CT molecular complexity index is 936. The number of amides is 1. The van der Waals surface area contributed by atoms with Gasteiger partial charge in [-0.05, 0) is 44.0 Å². The minimum absolute atomic E-state index is 0.216. The highest BCUT2D eigenvalue weighted by atomic mass is 32.1. The van der Waals surface area contributed by atoms with E-state index in [1.807, 2.05) is 13.8 Å². The molecule has 0 atom stereocenters. The molecule has 2 aromatic rings. The molecule has 1 aromatic heterocycles. The van der Waals surface area contributed by atoms with Crippen LogP contribution in [0.1, 0.15) is 45.0 Å². The van der Waals surface area contributed by atoms with Gasteiger partial charge in [0.25, 0.3) is 5.91 Å². The number of hydrogen-bond donors (Lipinski definition) is 1. The predicted octanol–water partition coefficient (Wildman–Crippen LogP) is 3.61. The van der Waals surface area contributed by atoms with Crippen LogP contribution in [0.4, 0.5) is 5.00 Å². The number of nitrogens with one attached hydrogen (secondary N) is 1. The zero-order valence-corrected chi connectivity index (χ0v) is 18.4. The molecule has 162 valence electrons. The molecular formula is C21H25NO7S. The molecule has 1 amide bonds. The van der Waals surface area contributed by atoms with Crippen LogP contribution in [0.25, 0.3) is 0 Å². The van der Waals surface area contributed by atoms with E-state index < -0.39 is 24.5 Å². The lowest BCUT2D eigenvalue weighted by Gasteiger charge is -2.10. The molecule has 1 heterocycles. The van der Waals surface area contributed by atoms with E-state index in [4.69, 9.17) is 18.9 Å². The summed E-state index contributed by atoms with van der Waals surface area (Å²) < 4.78 is 20.5. The van der Waals surface area contributed by atoms with Gasteiger partial charge in [0.1, 0.15) is 5.00 Å². The van der Waals surface area contributed by atoms with Crippen LogP contribution in [0.15, 0.2) is 18.2 Å². The summed E-state index contributed by atoms with van der Waals surface area (Å²) in [5, 5.41) is 3.03.